The third-order valence-electron chi connectivity index (χ3n) is 5.34. The van der Waals surface area contributed by atoms with E-state index in [1.807, 2.05) is 48.1 Å². The number of sulfonamides is 1. The predicted octanol–water partition coefficient (Wildman–Crippen LogP) is 3.82. The van der Waals surface area contributed by atoms with Crippen LogP contribution < -0.4 is 14.8 Å². The molecule has 0 saturated heterocycles. The van der Waals surface area contributed by atoms with E-state index in [1.165, 1.54) is 0 Å². The summed E-state index contributed by atoms with van der Waals surface area (Å²) >= 11 is 0. The first kappa shape index (κ1) is 24.4. The molecule has 0 amide bonds. The first-order valence-electron chi connectivity index (χ1n) is 11.3. The van der Waals surface area contributed by atoms with Crippen molar-refractivity contribution < 1.29 is 13.2 Å². The van der Waals surface area contributed by atoms with Gasteiger partial charge in [-0.3, -0.25) is 4.68 Å². The van der Waals surface area contributed by atoms with Gasteiger partial charge >= 0.3 is 0 Å². The number of aryl methyl sites for hydroxylation is 1. The van der Waals surface area contributed by atoms with Crippen LogP contribution in [0.4, 0.5) is 5.95 Å². The lowest BCUT2D eigenvalue weighted by atomic mass is 10.1. The second-order valence-electron chi connectivity index (χ2n) is 7.74. The number of hydrogen-bond acceptors (Lipinski definition) is 7. The Morgan fingerprint density at radius 2 is 1.86 bits per heavy atom. The van der Waals surface area contributed by atoms with Crippen LogP contribution in [-0.2, 0) is 16.6 Å². The number of rotatable bonds is 11. The summed E-state index contributed by atoms with van der Waals surface area (Å²) in [6, 6.07) is 17.9. The first-order valence-corrected chi connectivity index (χ1v) is 12.8. The number of nitrogens with one attached hydrogen (secondary N) is 2. The second kappa shape index (κ2) is 11.1. The minimum atomic E-state index is -3.51. The molecule has 0 spiro atoms. The molecule has 4 rings (SSSR count). The fourth-order valence-corrected chi connectivity index (χ4v) is 4.62. The van der Waals surface area contributed by atoms with Crippen LogP contribution in [0.15, 0.2) is 78.0 Å². The molecule has 2 heterocycles. The maximum absolute atomic E-state index is 12.3. The fraction of sp³-hybridized carbons (Fsp3) is 0.240. The normalized spacial score (nSPS) is 11.4. The summed E-state index contributed by atoms with van der Waals surface area (Å²) in [5.74, 6) is 1.22. The third-order valence-corrected chi connectivity index (χ3v) is 6.82. The SMILES string of the molecule is CCn1cc(-c2ccnc(NCCCNS(=O)(=O)c3ccccc3)n2)c(-c2cccc(OC)c2)n1. The van der Waals surface area contributed by atoms with Crippen molar-refractivity contribution in [1.82, 2.24) is 24.5 Å². The smallest absolute Gasteiger partial charge is 0.240 e. The number of nitrogens with zero attached hydrogens (tertiary/aromatic N) is 4. The van der Waals surface area contributed by atoms with Gasteiger partial charge in [-0.1, -0.05) is 30.3 Å². The summed E-state index contributed by atoms with van der Waals surface area (Å²) in [6.45, 7) is 3.57. The average Bonchev–Trinajstić information content (AvgIpc) is 3.34. The van der Waals surface area contributed by atoms with Crippen molar-refractivity contribution in [3.8, 4) is 28.3 Å². The van der Waals surface area contributed by atoms with Crippen molar-refractivity contribution in [1.29, 1.82) is 0 Å². The molecule has 0 unspecified atom stereocenters. The summed E-state index contributed by atoms with van der Waals surface area (Å²) in [5.41, 5.74) is 3.38. The van der Waals surface area contributed by atoms with Crippen LogP contribution in [0, 0.1) is 0 Å². The van der Waals surface area contributed by atoms with E-state index in [2.05, 4.69) is 20.0 Å². The zero-order valence-corrected chi connectivity index (χ0v) is 20.5. The Kier molecular flexibility index (Phi) is 7.74. The molecule has 10 heteroatoms. The van der Waals surface area contributed by atoms with Gasteiger partial charge in [0.15, 0.2) is 0 Å². The lowest BCUT2D eigenvalue weighted by Gasteiger charge is -2.09. The minimum Gasteiger partial charge on any atom is -0.497 e. The summed E-state index contributed by atoms with van der Waals surface area (Å²) < 4.78 is 34.5. The van der Waals surface area contributed by atoms with Gasteiger partial charge in [-0.2, -0.15) is 5.10 Å². The molecular weight excluding hydrogens is 464 g/mol. The number of hydrogen-bond donors (Lipinski definition) is 2. The molecule has 0 radical (unpaired) electrons. The van der Waals surface area contributed by atoms with Gasteiger partial charge < -0.3 is 10.1 Å². The molecule has 0 bridgehead atoms. The minimum absolute atomic E-state index is 0.253. The van der Waals surface area contributed by atoms with Gasteiger partial charge in [0.1, 0.15) is 11.4 Å². The highest BCUT2D eigenvalue weighted by Gasteiger charge is 2.16. The molecule has 35 heavy (non-hydrogen) atoms. The van der Waals surface area contributed by atoms with Crippen LogP contribution in [0.25, 0.3) is 22.5 Å². The van der Waals surface area contributed by atoms with Crippen LogP contribution >= 0.6 is 0 Å². The van der Waals surface area contributed by atoms with E-state index < -0.39 is 10.0 Å². The van der Waals surface area contributed by atoms with Gasteiger partial charge in [-0.15, -0.1) is 0 Å². The zero-order valence-electron chi connectivity index (χ0n) is 19.7. The van der Waals surface area contributed by atoms with E-state index in [1.54, 1.807) is 43.6 Å². The Morgan fingerprint density at radius 3 is 2.63 bits per heavy atom. The lowest BCUT2D eigenvalue weighted by Crippen LogP contribution is -2.26. The molecule has 0 aliphatic heterocycles. The van der Waals surface area contributed by atoms with Crippen molar-refractivity contribution in [2.45, 2.75) is 24.8 Å². The highest BCUT2D eigenvalue weighted by atomic mass is 32.2. The molecule has 0 atom stereocenters. The molecule has 9 nitrogen and oxygen atoms in total. The Balaban J connectivity index is 1.43. The molecule has 0 aliphatic rings. The second-order valence-corrected chi connectivity index (χ2v) is 9.50. The molecule has 182 valence electrons. The van der Waals surface area contributed by atoms with Crippen molar-refractivity contribution in [2.24, 2.45) is 0 Å². The van der Waals surface area contributed by atoms with E-state index in [-0.39, 0.29) is 4.90 Å². The van der Waals surface area contributed by atoms with E-state index in [9.17, 15) is 8.42 Å². The van der Waals surface area contributed by atoms with E-state index in [4.69, 9.17) is 9.84 Å². The maximum Gasteiger partial charge on any atom is 0.240 e. The largest absolute Gasteiger partial charge is 0.497 e. The summed E-state index contributed by atoms with van der Waals surface area (Å²) in [7, 11) is -1.87. The van der Waals surface area contributed by atoms with Gasteiger partial charge in [-0.05, 0) is 43.7 Å². The van der Waals surface area contributed by atoms with Crippen LogP contribution in [0.5, 0.6) is 5.75 Å². The van der Waals surface area contributed by atoms with E-state index in [0.29, 0.717) is 25.5 Å². The molecule has 4 aromatic rings. The Morgan fingerprint density at radius 1 is 1.03 bits per heavy atom. The molecule has 0 saturated carbocycles. The maximum atomic E-state index is 12.3. The summed E-state index contributed by atoms with van der Waals surface area (Å²) in [4.78, 5) is 9.23. The Bertz CT molecular complexity index is 1370. The van der Waals surface area contributed by atoms with Gasteiger partial charge in [0, 0.05) is 43.2 Å². The monoisotopic (exact) mass is 492 g/mol. The van der Waals surface area contributed by atoms with Crippen LogP contribution in [-0.4, -0.2) is 48.4 Å². The summed E-state index contributed by atoms with van der Waals surface area (Å²) in [6.07, 6.45) is 4.24. The van der Waals surface area contributed by atoms with Crippen LogP contribution in [0.1, 0.15) is 13.3 Å². The van der Waals surface area contributed by atoms with Crippen LogP contribution in [0.3, 0.4) is 0 Å². The van der Waals surface area contributed by atoms with Crippen LogP contribution in [0.2, 0.25) is 0 Å². The highest BCUT2D eigenvalue weighted by Crippen LogP contribution is 2.32. The summed E-state index contributed by atoms with van der Waals surface area (Å²) in [5, 5.41) is 7.90. The van der Waals surface area contributed by atoms with Crippen molar-refractivity contribution in [3.05, 3.63) is 73.1 Å². The molecule has 2 aromatic heterocycles. The highest BCUT2D eigenvalue weighted by molar-refractivity contribution is 7.89. The predicted molar refractivity (Wildman–Crippen MR) is 136 cm³/mol. The zero-order chi connectivity index (χ0) is 24.7. The Hall–Kier alpha value is -3.76. The molecular formula is C25H28N6O3S. The topological polar surface area (TPSA) is 111 Å². The van der Waals surface area contributed by atoms with E-state index >= 15 is 0 Å². The molecule has 0 fully saturated rings. The quantitative estimate of drug-likeness (QED) is 0.306. The van der Waals surface area contributed by atoms with Gasteiger partial charge in [0.2, 0.25) is 16.0 Å². The van der Waals surface area contributed by atoms with E-state index in [0.717, 1.165) is 34.8 Å². The molecule has 0 aliphatic carbocycles. The number of ether oxygens (including phenoxy) is 1. The average molecular weight is 493 g/mol. The lowest BCUT2D eigenvalue weighted by molar-refractivity contribution is 0.415. The van der Waals surface area contributed by atoms with Gasteiger partial charge in [0.05, 0.1) is 17.7 Å². The fourth-order valence-electron chi connectivity index (χ4n) is 3.53. The van der Waals surface area contributed by atoms with Gasteiger partial charge in [-0.25, -0.2) is 23.1 Å². The van der Waals surface area contributed by atoms with Crippen molar-refractivity contribution >= 4 is 16.0 Å². The first-order chi connectivity index (χ1) is 17.0. The Labute approximate surface area is 205 Å². The number of benzene rings is 2. The third kappa shape index (κ3) is 6.03. The van der Waals surface area contributed by atoms with Gasteiger partial charge in [0.25, 0.3) is 0 Å². The molecule has 2 aromatic carbocycles. The number of methoxy groups -OCH3 is 1. The van der Waals surface area contributed by atoms with Crippen molar-refractivity contribution in [2.75, 3.05) is 25.5 Å². The number of anilines is 1. The van der Waals surface area contributed by atoms with Crippen molar-refractivity contribution in [3.63, 3.8) is 0 Å². The standard InChI is InChI=1S/C25H28N6O3S/c1-3-31-18-22(24(30-31)19-9-7-10-20(17-19)34-2)23-13-16-27-25(29-23)26-14-8-15-28-35(32,33)21-11-5-4-6-12-21/h4-7,9-13,16-18,28H,3,8,14-15H2,1-2H3,(H,26,27,29). The number of aromatic nitrogens is 4. The molecule has 2 N–H and O–H groups in total.